The largest absolute Gasteiger partial charge is 0.341 e. The van der Waals surface area contributed by atoms with Gasteiger partial charge in [0.05, 0.1) is 0 Å². The zero-order valence-electron chi connectivity index (χ0n) is 12.3. The average molecular weight is 339 g/mol. The van der Waals surface area contributed by atoms with Crippen molar-refractivity contribution in [3.63, 3.8) is 0 Å². The Kier molecular flexibility index (Phi) is 5.61. The summed E-state index contributed by atoms with van der Waals surface area (Å²) >= 11 is 3.50. The van der Waals surface area contributed by atoms with Gasteiger partial charge in [-0.25, -0.2) is 0 Å². The zero-order valence-corrected chi connectivity index (χ0v) is 13.9. The Balaban J connectivity index is 1.86. The van der Waals surface area contributed by atoms with E-state index in [1.807, 2.05) is 11.9 Å². The van der Waals surface area contributed by atoms with Crippen LogP contribution in [0.5, 0.6) is 0 Å². The smallest absolute Gasteiger partial charge is 0.222 e. The first kappa shape index (κ1) is 15.5. The highest BCUT2D eigenvalue weighted by Gasteiger charge is 2.22. The van der Waals surface area contributed by atoms with E-state index in [1.54, 1.807) is 0 Å². The van der Waals surface area contributed by atoms with Crippen molar-refractivity contribution >= 4 is 21.8 Å². The average Bonchev–Trinajstić information content (AvgIpc) is 2.48. The zero-order chi connectivity index (χ0) is 14.5. The number of carbonyl (C=O) groups is 1. The van der Waals surface area contributed by atoms with E-state index in [0.717, 1.165) is 30.4 Å². The second-order valence-electron chi connectivity index (χ2n) is 5.55. The minimum Gasteiger partial charge on any atom is -0.341 e. The maximum absolute atomic E-state index is 12.3. The highest BCUT2D eigenvalue weighted by Crippen LogP contribution is 2.18. The van der Waals surface area contributed by atoms with Gasteiger partial charge in [-0.3, -0.25) is 4.79 Å². The van der Waals surface area contributed by atoms with Crippen LogP contribution >= 0.6 is 15.9 Å². The Morgan fingerprint density at radius 2 is 2.30 bits per heavy atom. The van der Waals surface area contributed by atoms with Gasteiger partial charge in [0.25, 0.3) is 0 Å². The van der Waals surface area contributed by atoms with Crippen molar-refractivity contribution < 1.29 is 4.79 Å². The number of hydrogen-bond acceptors (Lipinski definition) is 2. The van der Waals surface area contributed by atoms with Crippen LogP contribution in [0.25, 0.3) is 0 Å². The normalized spacial score (nSPS) is 19.1. The third kappa shape index (κ3) is 4.06. The number of likely N-dealkylation sites (tertiary alicyclic amines) is 1. The number of aryl methyl sites for hydroxylation is 2. The van der Waals surface area contributed by atoms with Crippen molar-refractivity contribution in [1.82, 2.24) is 10.2 Å². The molecule has 1 atom stereocenters. The second-order valence-corrected chi connectivity index (χ2v) is 6.41. The predicted octanol–water partition coefficient (Wildman–Crippen LogP) is 2.90. The van der Waals surface area contributed by atoms with Crippen LogP contribution in [0.2, 0.25) is 0 Å². The van der Waals surface area contributed by atoms with Gasteiger partial charge in [0.1, 0.15) is 0 Å². The van der Waals surface area contributed by atoms with E-state index in [2.05, 4.69) is 46.4 Å². The Morgan fingerprint density at radius 1 is 1.50 bits per heavy atom. The highest BCUT2D eigenvalue weighted by molar-refractivity contribution is 9.10. The van der Waals surface area contributed by atoms with Crippen molar-refractivity contribution in [3.05, 3.63) is 33.8 Å². The monoisotopic (exact) mass is 338 g/mol. The minimum absolute atomic E-state index is 0.283. The van der Waals surface area contributed by atoms with Gasteiger partial charge < -0.3 is 10.2 Å². The summed E-state index contributed by atoms with van der Waals surface area (Å²) in [5.41, 5.74) is 2.46. The van der Waals surface area contributed by atoms with Crippen LogP contribution in [0.4, 0.5) is 0 Å². The molecule has 1 saturated heterocycles. The first-order chi connectivity index (χ1) is 9.60. The third-order valence-electron chi connectivity index (χ3n) is 4.03. The predicted molar refractivity (Wildman–Crippen MR) is 85.9 cm³/mol. The van der Waals surface area contributed by atoms with Gasteiger partial charge in [0.15, 0.2) is 0 Å². The molecule has 1 aromatic carbocycles. The van der Waals surface area contributed by atoms with Gasteiger partial charge >= 0.3 is 0 Å². The van der Waals surface area contributed by atoms with Crippen LogP contribution in [0.1, 0.15) is 30.4 Å². The summed E-state index contributed by atoms with van der Waals surface area (Å²) in [6, 6.07) is 6.77. The lowest BCUT2D eigenvalue weighted by atomic mass is 10.0. The topological polar surface area (TPSA) is 32.3 Å². The molecule has 2 rings (SSSR count). The third-order valence-corrected chi connectivity index (χ3v) is 4.92. The molecule has 0 bridgehead atoms. The van der Waals surface area contributed by atoms with Crippen molar-refractivity contribution in [3.8, 4) is 0 Å². The molecule has 110 valence electrons. The molecule has 0 radical (unpaired) electrons. The number of hydrogen-bond donors (Lipinski definition) is 1. The lowest BCUT2D eigenvalue weighted by molar-refractivity contribution is -0.132. The molecular formula is C16H23BrN2O. The van der Waals surface area contributed by atoms with Crippen molar-refractivity contribution in [2.24, 2.45) is 0 Å². The molecule has 1 aliphatic rings. The molecule has 1 unspecified atom stereocenters. The fourth-order valence-corrected chi connectivity index (χ4v) is 2.96. The lowest BCUT2D eigenvalue weighted by Crippen LogP contribution is -2.47. The summed E-state index contributed by atoms with van der Waals surface area (Å²) in [7, 11) is 1.98. The van der Waals surface area contributed by atoms with Gasteiger partial charge in [0, 0.05) is 30.0 Å². The van der Waals surface area contributed by atoms with Crippen LogP contribution in [0, 0.1) is 6.92 Å². The molecule has 20 heavy (non-hydrogen) atoms. The van der Waals surface area contributed by atoms with Crippen LogP contribution < -0.4 is 5.32 Å². The molecular weight excluding hydrogens is 316 g/mol. The first-order valence-corrected chi connectivity index (χ1v) is 8.09. The van der Waals surface area contributed by atoms with Crippen molar-refractivity contribution in [2.75, 3.05) is 20.1 Å². The van der Waals surface area contributed by atoms with E-state index in [0.29, 0.717) is 12.5 Å². The Bertz CT molecular complexity index is 476. The molecule has 1 fully saturated rings. The van der Waals surface area contributed by atoms with Gasteiger partial charge in [0.2, 0.25) is 5.91 Å². The van der Waals surface area contributed by atoms with Crippen LogP contribution in [0.3, 0.4) is 0 Å². The lowest BCUT2D eigenvalue weighted by Gasteiger charge is -2.32. The number of likely N-dealkylation sites (N-methyl/N-ethyl adjacent to an activating group) is 1. The number of halogens is 1. The highest BCUT2D eigenvalue weighted by atomic mass is 79.9. The molecule has 0 saturated carbocycles. The van der Waals surface area contributed by atoms with Gasteiger partial charge in [-0.2, -0.15) is 0 Å². The number of nitrogens with zero attached hydrogens (tertiary/aromatic N) is 1. The van der Waals surface area contributed by atoms with Crippen molar-refractivity contribution in [1.29, 1.82) is 0 Å². The molecule has 0 aromatic heterocycles. The second kappa shape index (κ2) is 7.23. The SMILES string of the molecule is CNC1CCCN(C(=O)CCc2ccc(Br)c(C)c2)C1. The van der Waals surface area contributed by atoms with E-state index in [1.165, 1.54) is 17.5 Å². The molecule has 1 aromatic rings. The molecule has 4 heteroatoms. The maximum Gasteiger partial charge on any atom is 0.222 e. The number of benzene rings is 1. The van der Waals surface area contributed by atoms with E-state index in [4.69, 9.17) is 0 Å². The molecule has 1 amide bonds. The van der Waals surface area contributed by atoms with E-state index in [-0.39, 0.29) is 5.91 Å². The number of rotatable bonds is 4. The van der Waals surface area contributed by atoms with Gasteiger partial charge in [-0.1, -0.05) is 28.1 Å². The summed E-state index contributed by atoms with van der Waals surface area (Å²) < 4.78 is 1.13. The fourth-order valence-electron chi connectivity index (χ4n) is 2.71. The molecule has 1 heterocycles. The fraction of sp³-hybridized carbons (Fsp3) is 0.562. The molecule has 3 nitrogen and oxygen atoms in total. The molecule has 1 N–H and O–H groups in total. The van der Waals surface area contributed by atoms with Crippen molar-refractivity contribution in [2.45, 2.75) is 38.6 Å². The Labute approximate surface area is 129 Å². The number of amides is 1. The summed E-state index contributed by atoms with van der Waals surface area (Å²) in [5.74, 6) is 0.283. The summed E-state index contributed by atoms with van der Waals surface area (Å²) in [6.07, 6.45) is 3.71. The summed E-state index contributed by atoms with van der Waals surface area (Å²) in [6.45, 7) is 3.85. The molecule has 1 aliphatic heterocycles. The number of piperidine rings is 1. The standard InChI is InChI=1S/C16H23BrN2O/c1-12-10-13(5-7-15(12)17)6-8-16(20)19-9-3-4-14(11-19)18-2/h5,7,10,14,18H,3-4,6,8-9,11H2,1-2H3. The van der Waals surface area contributed by atoms with Crippen LogP contribution in [-0.2, 0) is 11.2 Å². The van der Waals surface area contributed by atoms with Gasteiger partial charge in [-0.15, -0.1) is 0 Å². The Morgan fingerprint density at radius 3 is 3.00 bits per heavy atom. The number of carbonyl (C=O) groups excluding carboxylic acids is 1. The summed E-state index contributed by atoms with van der Waals surface area (Å²) in [4.78, 5) is 14.3. The molecule has 0 spiro atoms. The quantitative estimate of drug-likeness (QED) is 0.915. The first-order valence-electron chi connectivity index (χ1n) is 7.30. The summed E-state index contributed by atoms with van der Waals surface area (Å²) in [5, 5.41) is 3.28. The van der Waals surface area contributed by atoms with E-state index in [9.17, 15) is 4.79 Å². The van der Waals surface area contributed by atoms with Crippen LogP contribution in [-0.4, -0.2) is 37.0 Å². The van der Waals surface area contributed by atoms with E-state index < -0.39 is 0 Å². The molecule has 0 aliphatic carbocycles. The van der Waals surface area contributed by atoms with Crippen LogP contribution in [0.15, 0.2) is 22.7 Å². The maximum atomic E-state index is 12.3. The Hall–Kier alpha value is -0.870. The number of nitrogens with one attached hydrogen (secondary N) is 1. The van der Waals surface area contributed by atoms with Gasteiger partial charge in [-0.05, 0) is 50.4 Å². The van der Waals surface area contributed by atoms with E-state index >= 15 is 0 Å². The minimum atomic E-state index is 0.283.